The molecule has 6 nitrogen and oxygen atoms in total. The normalized spacial score (nSPS) is 15.7. The Kier molecular flexibility index (Phi) is 7.66. The number of benzene rings is 1. The number of amides is 1. The van der Waals surface area contributed by atoms with Gasteiger partial charge >= 0.3 is 0 Å². The number of carbonyl (C=O) groups excluding carboxylic acids is 1. The highest BCUT2D eigenvalue weighted by Gasteiger charge is 2.34. The predicted octanol–water partition coefficient (Wildman–Crippen LogP) is 2.39. The van der Waals surface area contributed by atoms with E-state index in [2.05, 4.69) is 15.4 Å². The lowest BCUT2D eigenvalue weighted by atomic mass is 9.82. The van der Waals surface area contributed by atoms with Crippen LogP contribution in [-0.2, 0) is 11.3 Å². The van der Waals surface area contributed by atoms with Gasteiger partial charge in [0.15, 0.2) is 0 Å². The van der Waals surface area contributed by atoms with Crippen molar-refractivity contribution in [3.8, 4) is 5.69 Å². The summed E-state index contributed by atoms with van der Waals surface area (Å²) in [7, 11) is 0. The number of carbonyl (C=O) groups is 1. The summed E-state index contributed by atoms with van der Waals surface area (Å²) in [6.45, 7) is 0.495. The Hall–Kier alpha value is -1.63. The van der Waals surface area contributed by atoms with Crippen molar-refractivity contribution in [1.82, 2.24) is 20.1 Å². The van der Waals surface area contributed by atoms with Gasteiger partial charge in [0.05, 0.1) is 11.2 Å². The second kappa shape index (κ2) is 9.01. The molecule has 1 aliphatic carbocycles. The van der Waals surface area contributed by atoms with E-state index in [-0.39, 0.29) is 30.7 Å². The minimum atomic E-state index is -0.682. The van der Waals surface area contributed by atoms with Gasteiger partial charge in [-0.25, -0.2) is 9.67 Å². The van der Waals surface area contributed by atoms with Gasteiger partial charge in [0.25, 0.3) is 0 Å². The predicted molar refractivity (Wildman–Crippen MR) is 97.7 cm³/mol. The quantitative estimate of drug-likeness (QED) is 0.863. The minimum absolute atomic E-state index is 0. The largest absolute Gasteiger partial charge is 0.350 e. The van der Waals surface area contributed by atoms with E-state index in [0.717, 1.165) is 36.9 Å². The molecule has 1 saturated carbocycles. The molecule has 1 aliphatic rings. The molecule has 0 unspecified atom stereocenters. The number of hydrogen-bond donors (Lipinski definition) is 2. The van der Waals surface area contributed by atoms with Crippen molar-refractivity contribution in [3.05, 3.63) is 42.5 Å². The maximum Gasteiger partial charge on any atom is 0.240 e. The molecule has 0 radical (unpaired) electrons. The first-order chi connectivity index (χ1) is 10.7. The molecule has 3 N–H and O–H groups in total. The average Bonchev–Trinajstić information content (AvgIpc) is 3.08. The van der Waals surface area contributed by atoms with Gasteiger partial charge in [-0.15, -0.1) is 24.8 Å². The summed E-state index contributed by atoms with van der Waals surface area (Å²) in [5.74, 6) is -0.0347. The van der Waals surface area contributed by atoms with Gasteiger partial charge in [0.1, 0.15) is 12.7 Å². The van der Waals surface area contributed by atoms with Crippen LogP contribution in [0.1, 0.15) is 37.7 Å². The van der Waals surface area contributed by atoms with Crippen LogP contribution in [-0.4, -0.2) is 26.2 Å². The fraction of sp³-hybridized carbons (Fsp3) is 0.438. The maximum atomic E-state index is 12.3. The lowest BCUT2D eigenvalue weighted by molar-refractivity contribution is -0.127. The van der Waals surface area contributed by atoms with Crippen LogP contribution in [0.5, 0.6) is 0 Å². The molecule has 0 bridgehead atoms. The molecule has 0 saturated heterocycles. The minimum Gasteiger partial charge on any atom is -0.350 e. The first-order valence-electron chi connectivity index (χ1n) is 7.68. The molecule has 3 rings (SSSR count). The highest BCUT2D eigenvalue weighted by molar-refractivity contribution is 5.86. The topological polar surface area (TPSA) is 85.8 Å². The Morgan fingerprint density at radius 2 is 1.83 bits per heavy atom. The zero-order valence-electron chi connectivity index (χ0n) is 13.4. The van der Waals surface area contributed by atoms with Crippen molar-refractivity contribution in [2.24, 2.45) is 5.73 Å². The van der Waals surface area contributed by atoms with Crippen LogP contribution in [0.3, 0.4) is 0 Å². The lowest BCUT2D eigenvalue weighted by Gasteiger charge is -2.31. The Morgan fingerprint density at radius 3 is 2.42 bits per heavy atom. The molecular formula is C16H23Cl2N5O. The van der Waals surface area contributed by atoms with E-state index < -0.39 is 5.54 Å². The Bertz CT molecular complexity index is 624. The van der Waals surface area contributed by atoms with E-state index >= 15 is 0 Å². The second-order valence-corrected chi connectivity index (χ2v) is 5.91. The van der Waals surface area contributed by atoms with Gasteiger partial charge in [0, 0.05) is 6.54 Å². The standard InChI is InChI=1S/C16H21N5O.2ClH/c17-16(8-2-1-3-9-16)15(22)19-10-13-4-6-14(7-5-13)21-12-18-11-20-21;;/h4-7,11-12H,1-3,8-10,17H2,(H,19,22);2*1H. The smallest absolute Gasteiger partial charge is 0.240 e. The number of hydrogen-bond acceptors (Lipinski definition) is 4. The van der Waals surface area contributed by atoms with E-state index in [0.29, 0.717) is 6.54 Å². The maximum absolute atomic E-state index is 12.3. The van der Waals surface area contributed by atoms with E-state index in [1.54, 1.807) is 11.0 Å². The fourth-order valence-electron chi connectivity index (χ4n) is 2.88. The van der Waals surface area contributed by atoms with Gasteiger partial charge in [-0.2, -0.15) is 5.10 Å². The van der Waals surface area contributed by atoms with Gasteiger partial charge in [-0.3, -0.25) is 4.79 Å². The van der Waals surface area contributed by atoms with Gasteiger partial charge < -0.3 is 11.1 Å². The van der Waals surface area contributed by atoms with Crippen LogP contribution in [0, 0.1) is 0 Å². The van der Waals surface area contributed by atoms with Crippen LogP contribution in [0.4, 0.5) is 0 Å². The van der Waals surface area contributed by atoms with Gasteiger partial charge in [-0.1, -0.05) is 31.4 Å². The summed E-state index contributed by atoms with van der Waals surface area (Å²) >= 11 is 0. The number of nitrogens with zero attached hydrogens (tertiary/aromatic N) is 3. The summed E-state index contributed by atoms with van der Waals surface area (Å²) in [4.78, 5) is 16.2. The van der Waals surface area contributed by atoms with Crippen molar-refractivity contribution in [3.63, 3.8) is 0 Å². The number of rotatable bonds is 4. The number of nitrogens with one attached hydrogen (secondary N) is 1. The summed E-state index contributed by atoms with van der Waals surface area (Å²) in [5, 5.41) is 7.04. The zero-order chi connectivity index (χ0) is 15.4. The number of nitrogens with two attached hydrogens (primary N) is 1. The third-order valence-corrected chi connectivity index (χ3v) is 4.27. The van der Waals surface area contributed by atoms with Crippen LogP contribution in [0.25, 0.3) is 5.69 Å². The summed E-state index contributed by atoms with van der Waals surface area (Å²) in [5.41, 5.74) is 7.52. The molecule has 24 heavy (non-hydrogen) atoms. The first kappa shape index (κ1) is 20.4. The van der Waals surface area contributed by atoms with Crippen molar-refractivity contribution >= 4 is 30.7 Å². The molecule has 0 spiro atoms. The molecule has 1 amide bonds. The van der Waals surface area contributed by atoms with Crippen LogP contribution in [0.2, 0.25) is 0 Å². The Morgan fingerprint density at radius 1 is 1.17 bits per heavy atom. The van der Waals surface area contributed by atoms with E-state index in [4.69, 9.17) is 5.73 Å². The Balaban J connectivity index is 0.00000144. The van der Waals surface area contributed by atoms with Crippen LogP contribution < -0.4 is 11.1 Å². The molecular weight excluding hydrogens is 349 g/mol. The zero-order valence-corrected chi connectivity index (χ0v) is 15.0. The van der Waals surface area contributed by atoms with E-state index in [1.807, 2.05) is 24.3 Å². The summed E-state index contributed by atoms with van der Waals surface area (Å²) < 4.78 is 1.69. The summed E-state index contributed by atoms with van der Waals surface area (Å²) in [6, 6.07) is 7.85. The molecule has 0 atom stereocenters. The first-order valence-corrected chi connectivity index (χ1v) is 7.68. The number of halogens is 2. The molecule has 1 aromatic heterocycles. The third kappa shape index (κ3) is 4.69. The van der Waals surface area contributed by atoms with Crippen LogP contribution >= 0.6 is 24.8 Å². The summed E-state index contributed by atoms with van der Waals surface area (Å²) in [6.07, 6.45) is 7.97. The SMILES string of the molecule is Cl.Cl.NC1(C(=O)NCc2ccc(-n3cncn3)cc2)CCCCC1. The monoisotopic (exact) mass is 371 g/mol. The molecule has 132 valence electrons. The van der Waals surface area contributed by atoms with Crippen LogP contribution in [0.15, 0.2) is 36.9 Å². The molecule has 1 fully saturated rings. The van der Waals surface area contributed by atoms with Crippen molar-refractivity contribution in [2.45, 2.75) is 44.2 Å². The van der Waals surface area contributed by atoms with E-state index in [1.165, 1.54) is 12.7 Å². The van der Waals surface area contributed by atoms with E-state index in [9.17, 15) is 4.79 Å². The lowest BCUT2D eigenvalue weighted by Crippen LogP contribution is -2.54. The third-order valence-electron chi connectivity index (χ3n) is 4.27. The molecule has 1 aromatic carbocycles. The van der Waals surface area contributed by atoms with Crippen molar-refractivity contribution in [1.29, 1.82) is 0 Å². The Labute approximate surface area is 154 Å². The molecule has 8 heteroatoms. The van der Waals surface area contributed by atoms with Crippen molar-refractivity contribution in [2.75, 3.05) is 0 Å². The average molecular weight is 372 g/mol. The molecule has 1 heterocycles. The highest BCUT2D eigenvalue weighted by Crippen LogP contribution is 2.26. The number of aromatic nitrogens is 3. The van der Waals surface area contributed by atoms with Crippen molar-refractivity contribution < 1.29 is 4.79 Å². The van der Waals surface area contributed by atoms with Gasteiger partial charge in [-0.05, 0) is 30.5 Å². The molecule has 2 aromatic rings. The molecule has 0 aliphatic heterocycles. The second-order valence-electron chi connectivity index (χ2n) is 5.91. The van der Waals surface area contributed by atoms with Gasteiger partial charge in [0.2, 0.25) is 5.91 Å². The fourth-order valence-corrected chi connectivity index (χ4v) is 2.88. The highest BCUT2D eigenvalue weighted by atomic mass is 35.5.